The number of amides is 1. The maximum atomic E-state index is 12.7. The summed E-state index contributed by atoms with van der Waals surface area (Å²) in [6, 6.07) is 15.6. The Morgan fingerprint density at radius 3 is 2.44 bits per heavy atom. The van der Waals surface area contributed by atoms with E-state index in [9.17, 15) is 13.2 Å². The zero-order valence-electron chi connectivity index (χ0n) is 14.2. The average molecular weight is 422 g/mol. The monoisotopic (exact) mass is 421 g/mol. The number of carbonyl (C=O) groups excluding carboxylic acids is 1. The van der Waals surface area contributed by atoms with E-state index in [1.165, 1.54) is 28.6 Å². The molecule has 0 radical (unpaired) electrons. The standard InChI is InChI=1S/C18H16ClN3O3S2/c1-22-11-14(10-16(22)18(20)23)27(24,25)21-15-4-2-3-5-17(15)26-13-8-6-12(19)7-9-13/h2-11,21H,1H3,(H2,20,23). The molecule has 0 unspecified atom stereocenters. The van der Waals surface area contributed by atoms with E-state index in [-0.39, 0.29) is 10.6 Å². The number of nitrogens with one attached hydrogen (secondary N) is 1. The Kier molecular flexibility index (Phi) is 5.50. The number of anilines is 1. The lowest BCUT2D eigenvalue weighted by molar-refractivity contribution is 0.0992. The second-order valence-electron chi connectivity index (χ2n) is 5.69. The van der Waals surface area contributed by atoms with Gasteiger partial charge in [-0.05, 0) is 42.5 Å². The van der Waals surface area contributed by atoms with E-state index in [1.54, 1.807) is 31.3 Å². The van der Waals surface area contributed by atoms with Crippen LogP contribution in [0.3, 0.4) is 0 Å². The van der Waals surface area contributed by atoms with Crippen molar-refractivity contribution in [2.45, 2.75) is 14.7 Å². The molecule has 0 bridgehead atoms. The molecule has 0 fully saturated rings. The fraction of sp³-hybridized carbons (Fsp3) is 0.0556. The van der Waals surface area contributed by atoms with Crippen molar-refractivity contribution in [3.63, 3.8) is 0 Å². The number of sulfonamides is 1. The largest absolute Gasteiger partial charge is 0.364 e. The van der Waals surface area contributed by atoms with Gasteiger partial charge >= 0.3 is 0 Å². The van der Waals surface area contributed by atoms with E-state index in [4.69, 9.17) is 17.3 Å². The molecule has 0 atom stereocenters. The van der Waals surface area contributed by atoms with E-state index in [2.05, 4.69) is 4.72 Å². The molecule has 6 nitrogen and oxygen atoms in total. The summed E-state index contributed by atoms with van der Waals surface area (Å²) in [7, 11) is -2.32. The molecule has 3 N–H and O–H groups in total. The van der Waals surface area contributed by atoms with Crippen LogP contribution in [0.5, 0.6) is 0 Å². The number of rotatable bonds is 6. The lowest BCUT2D eigenvalue weighted by Gasteiger charge is -2.11. The molecule has 27 heavy (non-hydrogen) atoms. The lowest BCUT2D eigenvalue weighted by Crippen LogP contribution is -2.14. The van der Waals surface area contributed by atoms with Gasteiger partial charge in [-0.2, -0.15) is 0 Å². The number of para-hydroxylation sites is 1. The number of nitrogens with zero attached hydrogens (tertiary/aromatic N) is 1. The van der Waals surface area contributed by atoms with E-state index in [1.807, 2.05) is 24.3 Å². The Morgan fingerprint density at radius 1 is 1.15 bits per heavy atom. The smallest absolute Gasteiger partial charge is 0.265 e. The van der Waals surface area contributed by atoms with Crippen LogP contribution in [0, 0.1) is 0 Å². The van der Waals surface area contributed by atoms with E-state index in [0.717, 1.165) is 9.79 Å². The van der Waals surface area contributed by atoms with Gasteiger partial charge in [0.1, 0.15) is 10.6 Å². The summed E-state index contributed by atoms with van der Waals surface area (Å²) < 4.78 is 29.4. The van der Waals surface area contributed by atoms with Crippen molar-refractivity contribution < 1.29 is 13.2 Å². The molecule has 3 aromatic rings. The molecule has 3 rings (SSSR count). The minimum Gasteiger partial charge on any atom is -0.364 e. The van der Waals surface area contributed by atoms with Gasteiger partial charge in [0.25, 0.3) is 15.9 Å². The second kappa shape index (κ2) is 7.67. The number of carbonyl (C=O) groups is 1. The molecule has 0 aliphatic carbocycles. The van der Waals surface area contributed by atoms with Gasteiger partial charge in [0.2, 0.25) is 0 Å². The van der Waals surface area contributed by atoms with Crippen molar-refractivity contribution >= 4 is 45.0 Å². The second-order valence-corrected chi connectivity index (χ2v) is 8.93. The van der Waals surface area contributed by atoms with E-state index < -0.39 is 15.9 Å². The molecule has 140 valence electrons. The average Bonchev–Trinajstić information content (AvgIpc) is 3.01. The molecule has 1 heterocycles. The number of hydrogen-bond acceptors (Lipinski definition) is 4. The number of benzene rings is 2. The molecular formula is C18H16ClN3O3S2. The summed E-state index contributed by atoms with van der Waals surface area (Å²) in [5.74, 6) is -0.697. The van der Waals surface area contributed by atoms with Crippen LogP contribution >= 0.6 is 23.4 Å². The first-order valence-electron chi connectivity index (χ1n) is 7.78. The molecular weight excluding hydrogens is 406 g/mol. The third-order valence-electron chi connectivity index (χ3n) is 3.72. The number of nitrogens with two attached hydrogens (primary N) is 1. The number of aryl methyl sites for hydroxylation is 1. The first-order chi connectivity index (χ1) is 12.8. The van der Waals surface area contributed by atoms with E-state index in [0.29, 0.717) is 10.7 Å². The van der Waals surface area contributed by atoms with Crippen LogP contribution in [-0.4, -0.2) is 18.9 Å². The van der Waals surface area contributed by atoms with Crippen LogP contribution < -0.4 is 10.5 Å². The summed E-state index contributed by atoms with van der Waals surface area (Å²) >= 11 is 7.31. The van der Waals surface area contributed by atoms with Gasteiger partial charge in [0, 0.05) is 28.1 Å². The van der Waals surface area contributed by atoms with Crippen LogP contribution in [-0.2, 0) is 17.1 Å². The van der Waals surface area contributed by atoms with Gasteiger partial charge < -0.3 is 10.3 Å². The topological polar surface area (TPSA) is 94.2 Å². The Morgan fingerprint density at radius 2 is 1.81 bits per heavy atom. The van der Waals surface area contributed by atoms with Crippen LogP contribution in [0.1, 0.15) is 10.5 Å². The zero-order valence-corrected chi connectivity index (χ0v) is 16.6. The summed E-state index contributed by atoms with van der Waals surface area (Å²) in [6.45, 7) is 0. The Hall–Kier alpha value is -2.42. The molecule has 2 aromatic carbocycles. The summed E-state index contributed by atoms with van der Waals surface area (Å²) in [4.78, 5) is 13.0. The zero-order chi connectivity index (χ0) is 19.6. The van der Waals surface area contributed by atoms with Gasteiger partial charge in [-0.15, -0.1) is 0 Å². The summed E-state index contributed by atoms with van der Waals surface area (Å²) in [6.07, 6.45) is 1.34. The van der Waals surface area contributed by atoms with Gasteiger partial charge in [-0.3, -0.25) is 9.52 Å². The number of hydrogen-bond donors (Lipinski definition) is 2. The summed E-state index contributed by atoms with van der Waals surface area (Å²) in [5, 5.41) is 0.627. The molecule has 0 aliphatic rings. The third-order valence-corrected chi connectivity index (χ3v) is 6.38. The van der Waals surface area contributed by atoms with Crippen molar-refractivity contribution in [3.8, 4) is 0 Å². The molecule has 0 saturated heterocycles. The number of aromatic nitrogens is 1. The highest BCUT2D eigenvalue weighted by Crippen LogP contribution is 2.35. The fourth-order valence-corrected chi connectivity index (χ4v) is 4.64. The van der Waals surface area contributed by atoms with E-state index >= 15 is 0 Å². The number of halogens is 1. The van der Waals surface area contributed by atoms with Gasteiger partial charge in [0.05, 0.1) is 5.69 Å². The van der Waals surface area contributed by atoms with Crippen LogP contribution in [0.25, 0.3) is 0 Å². The van der Waals surface area contributed by atoms with Crippen molar-refractivity contribution in [2.75, 3.05) is 4.72 Å². The molecule has 0 saturated carbocycles. The van der Waals surface area contributed by atoms with Crippen molar-refractivity contribution in [1.29, 1.82) is 0 Å². The van der Waals surface area contributed by atoms with Crippen molar-refractivity contribution in [3.05, 3.63) is 71.5 Å². The Bertz CT molecular complexity index is 1090. The molecule has 1 aromatic heterocycles. The molecule has 0 aliphatic heterocycles. The maximum absolute atomic E-state index is 12.7. The minimum absolute atomic E-state index is 0.0369. The lowest BCUT2D eigenvalue weighted by atomic mass is 10.3. The highest BCUT2D eigenvalue weighted by molar-refractivity contribution is 7.99. The van der Waals surface area contributed by atoms with Crippen LogP contribution in [0.4, 0.5) is 5.69 Å². The highest BCUT2D eigenvalue weighted by atomic mass is 35.5. The predicted molar refractivity (Wildman–Crippen MR) is 107 cm³/mol. The number of primary amides is 1. The van der Waals surface area contributed by atoms with Crippen LogP contribution in [0.15, 0.2) is 75.5 Å². The molecule has 0 spiro atoms. The minimum atomic E-state index is -3.88. The maximum Gasteiger partial charge on any atom is 0.265 e. The molecule has 9 heteroatoms. The van der Waals surface area contributed by atoms with Crippen molar-refractivity contribution in [1.82, 2.24) is 4.57 Å². The van der Waals surface area contributed by atoms with Gasteiger partial charge in [0.15, 0.2) is 0 Å². The molecule has 1 amide bonds. The Labute approximate surface area is 166 Å². The SMILES string of the molecule is Cn1cc(S(=O)(=O)Nc2ccccc2Sc2ccc(Cl)cc2)cc1C(N)=O. The highest BCUT2D eigenvalue weighted by Gasteiger charge is 2.20. The summed E-state index contributed by atoms with van der Waals surface area (Å²) in [5.41, 5.74) is 5.80. The normalized spacial score (nSPS) is 11.3. The predicted octanol–water partition coefficient (Wildman–Crippen LogP) is 3.73. The van der Waals surface area contributed by atoms with Crippen molar-refractivity contribution in [2.24, 2.45) is 12.8 Å². The Balaban J connectivity index is 1.90. The quantitative estimate of drug-likeness (QED) is 0.634. The first kappa shape index (κ1) is 19.3. The first-order valence-corrected chi connectivity index (χ1v) is 10.5. The third kappa shape index (κ3) is 4.47. The van der Waals surface area contributed by atoms with Gasteiger partial charge in [-0.1, -0.05) is 35.5 Å². The van der Waals surface area contributed by atoms with Gasteiger partial charge in [-0.25, -0.2) is 8.42 Å². The fourth-order valence-electron chi connectivity index (χ4n) is 2.40. The van der Waals surface area contributed by atoms with Crippen LogP contribution in [0.2, 0.25) is 5.02 Å².